The highest BCUT2D eigenvalue weighted by Gasteiger charge is 2.55. The second kappa shape index (κ2) is 6.31. The van der Waals surface area contributed by atoms with Crippen molar-refractivity contribution in [1.82, 2.24) is 0 Å². The van der Waals surface area contributed by atoms with Crippen LogP contribution in [0, 0.1) is 0 Å². The van der Waals surface area contributed by atoms with Crippen LogP contribution in [0.1, 0.15) is 26.3 Å². The van der Waals surface area contributed by atoms with Crippen LogP contribution in [0.3, 0.4) is 0 Å². The van der Waals surface area contributed by atoms with Crippen molar-refractivity contribution in [3.63, 3.8) is 0 Å². The normalized spacial score (nSPS) is 16.0. The van der Waals surface area contributed by atoms with E-state index in [4.69, 9.17) is 4.74 Å². The summed E-state index contributed by atoms with van der Waals surface area (Å²) >= 11 is 0. The number of ketones is 2. The number of carbonyl (C=O) groups excluding carboxylic acids is 2. The lowest BCUT2D eigenvalue weighted by atomic mass is 9.99. The van der Waals surface area contributed by atoms with Gasteiger partial charge >= 0.3 is 0 Å². The molecule has 0 amide bonds. The first-order chi connectivity index (χ1) is 14.1. The van der Waals surface area contributed by atoms with Gasteiger partial charge in [0.05, 0.1) is 7.11 Å². The van der Waals surface area contributed by atoms with Crippen LogP contribution in [-0.2, 0) is 0 Å². The molecule has 29 heavy (non-hydrogen) atoms. The summed E-state index contributed by atoms with van der Waals surface area (Å²) in [5.74, 6) is 0.499. The first-order valence-corrected chi connectivity index (χ1v) is 9.19. The molecule has 1 aliphatic carbocycles. The standard InChI is InChI=1S/C23H17N3O3/c1-29-15-12-10-14(11-13-15)24-22-18-8-4-5-9-19(18)25-23(26-22)20(27)16-6-2-3-7-17(16)21(23)28/h2-13,25H,1H3,(H,24,26). The summed E-state index contributed by atoms with van der Waals surface area (Å²) in [6.07, 6.45) is 0. The average Bonchev–Trinajstić information content (AvgIpc) is 2.96. The van der Waals surface area contributed by atoms with Gasteiger partial charge in [0.1, 0.15) is 11.6 Å². The zero-order valence-electron chi connectivity index (χ0n) is 15.6. The number of carbonyl (C=O) groups is 2. The van der Waals surface area contributed by atoms with Gasteiger partial charge in [-0.05, 0) is 36.4 Å². The van der Waals surface area contributed by atoms with Gasteiger partial charge in [-0.3, -0.25) is 9.59 Å². The summed E-state index contributed by atoms with van der Waals surface area (Å²) in [6.45, 7) is 0. The van der Waals surface area contributed by atoms with E-state index < -0.39 is 5.66 Å². The van der Waals surface area contributed by atoms with Gasteiger partial charge in [-0.25, -0.2) is 4.99 Å². The van der Waals surface area contributed by atoms with Gasteiger partial charge in [0, 0.05) is 28.1 Å². The highest BCUT2D eigenvalue weighted by molar-refractivity contribution is 6.36. The van der Waals surface area contributed by atoms with E-state index in [0.717, 1.165) is 17.0 Å². The lowest BCUT2D eigenvalue weighted by Crippen LogP contribution is -2.51. The number of hydrogen-bond donors (Lipinski definition) is 2. The maximum absolute atomic E-state index is 13.2. The molecule has 0 radical (unpaired) electrons. The van der Waals surface area contributed by atoms with Gasteiger partial charge in [0.2, 0.25) is 11.6 Å². The average molecular weight is 383 g/mol. The number of nitrogens with one attached hydrogen (secondary N) is 2. The quantitative estimate of drug-likeness (QED) is 0.659. The van der Waals surface area contributed by atoms with Gasteiger partial charge in [-0.15, -0.1) is 0 Å². The molecule has 6 heteroatoms. The third kappa shape index (κ3) is 2.53. The van der Waals surface area contributed by atoms with Crippen molar-refractivity contribution in [2.75, 3.05) is 17.7 Å². The highest BCUT2D eigenvalue weighted by Crippen LogP contribution is 2.38. The highest BCUT2D eigenvalue weighted by atomic mass is 16.5. The Hall–Kier alpha value is -3.93. The van der Waals surface area contributed by atoms with Gasteiger partial charge in [-0.2, -0.15) is 0 Å². The lowest BCUT2D eigenvalue weighted by Gasteiger charge is -2.31. The summed E-state index contributed by atoms with van der Waals surface area (Å²) < 4.78 is 5.20. The molecule has 0 aromatic heterocycles. The fraction of sp³-hybridized carbons (Fsp3) is 0.0870. The molecule has 0 atom stereocenters. The van der Waals surface area contributed by atoms with Crippen LogP contribution in [0.15, 0.2) is 77.8 Å². The van der Waals surface area contributed by atoms with Crippen molar-refractivity contribution in [3.05, 3.63) is 89.5 Å². The lowest BCUT2D eigenvalue weighted by molar-refractivity contribution is 0.0826. The van der Waals surface area contributed by atoms with E-state index in [2.05, 4.69) is 15.6 Å². The molecule has 0 fully saturated rings. The smallest absolute Gasteiger partial charge is 0.259 e. The molecule has 2 N–H and O–H groups in total. The van der Waals surface area contributed by atoms with Gasteiger partial charge in [0.25, 0.3) is 5.66 Å². The topological polar surface area (TPSA) is 79.8 Å². The third-order valence-electron chi connectivity index (χ3n) is 5.20. The Balaban J connectivity index is 1.63. The zero-order chi connectivity index (χ0) is 20.0. The Morgan fingerprint density at radius 1 is 0.828 bits per heavy atom. The largest absolute Gasteiger partial charge is 0.497 e. The monoisotopic (exact) mass is 383 g/mol. The number of amidine groups is 1. The van der Waals surface area contributed by atoms with Crippen molar-refractivity contribution in [2.45, 2.75) is 5.66 Å². The summed E-state index contributed by atoms with van der Waals surface area (Å²) in [7, 11) is 1.61. The summed E-state index contributed by atoms with van der Waals surface area (Å²) in [4.78, 5) is 31.1. The second-order valence-electron chi connectivity index (χ2n) is 6.90. The Labute approximate surface area is 167 Å². The molecule has 6 nitrogen and oxygen atoms in total. The van der Waals surface area contributed by atoms with Crippen molar-refractivity contribution < 1.29 is 14.3 Å². The van der Waals surface area contributed by atoms with E-state index in [9.17, 15) is 9.59 Å². The number of ether oxygens (including phenoxy) is 1. The molecule has 0 unspecified atom stereocenters. The third-order valence-corrected chi connectivity index (χ3v) is 5.20. The van der Waals surface area contributed by atoms with Crippen molar-refractivity contribution in [1.29, 1.82) is 0 Å². The first-order valence-electron chi connectivity index (χ1n) is 9.19. The number of fused-ring (bicyclic) bond motifs is 2. The number of aliphatic imine (C=N–C) groups is 1. The van der Waals surface area contributed by atoms with Crippen LogP contribution in [0.4, 0.5) is 11.4 Å². The molecule has 0 saturated carbocycles. The fourth-order valence-electron chi connectivity index (χ4n) is 3.74. The van der Waals surface area contributed by atoms with Gasteiger partial charge in [-0.1, -0.05) is 36.4 Å². The molecule has 1 heterocycles. The molecule has 3 aromatic carbocycles. The number of nitrogens with zero attached hydrogens (tertiary/aromatic N) is 1. The zero-order valence-corrected chi connectivity index (χ0v) is 15.6. The van der Waals surface area contributed by atoms with E-state index in [1.54, 1.807) is 31.4 Å². The summed E-state index contributed by atoms with van der Waals surface area (Å²) in [5.41, 5.74) is 1.31. The summed E-state index contributed by atoms with van der Waals surface area (Å²) in [6, 6.07) is 21.7. The van der Waals surface area contributed by atoms with Crippen molar-refractivity contribution >= 4 is 28.8 Å². The number of benzene rings is 3. The summed E-state index contributed by atoms with van der Waals surface area (Å²) in [5, 5.41) is 6.36. The van der Waals surface area contributed by atoms with Crippen LogP contribution in [0.5, 0.6) is 5.75 Å². The number of para-hydroxylation sites is 1. The van der Waals surface area contributed by atoms with Crippen LogP contribution < -0.4 is 15.4 Å². The predicted octanol–water partition coefficient (Wildman–Crippen LogP) is 3.75. The minimum absolute atomic E-state index is 0.346. The van der Waals surface area contributed by atoms with E-state index >= 15 is 0 Å². The molecule has 142 valence electrons. The minimum atomic E-state index is -1.69. The van der Waals surface area contributed by atoms with Gasteiger partial charge in [0.15, 0.2) is 0 Å². The minimum Gasteiger partial charge on any atom is -0.497 e. The first kappa shape index (κ1) is 17.2. The number of methoxy groups -OCH3 is 1. The van der Waals surface area contributed by atoms with E-state index in [0.29, 0.717) is 22.6 Å². The molecule has 3 aromatic rings. The molecule has 1 aliphatic heterocycles. The maximum Gasteiger partial charge on any atom is 0.259 e. The molecule has 2 aliphatic rings. The van der Waals surface area contributed by atoms with Crippen molar-refractivity contribution in [3.8, 4) is 5.75 Å². The molecule has 0 bridgehead atoms. The van der Waals surface area contributed by atoms with E-state index in [1.165, 1.54) is 0 Å². The Morgan fingerprint density at radius 2 is 1.41 bits per heavy atom. The van der Waals surface area contributed by atoms with Gasteiger partial charge < -0.3 is 15.4 Å². The number of hydrogen-bond acceptors (Lipinski definition) is 6. The molecular formula is C23H17N3O3. The van der Waals surface area contributed by atoms with Crippen LogP contribution in [-0.4, -0.2) is 30.2 Å². The van der Waals surface area contributed by atoms with Crippen LogP contribution in [0.2, 0.25) is 0 Å². The number of Topliss-reactive ketones (excluding diaryl/α,β-unsaturated/α-hetero) is 2. The number of anilines is 2. The Morgan fingerprint density at radius 3 is 2.03 bits per heavy atom. The van der Waals surface area contributed by atoms with Crippen molar-refractivity contribution in [2.24, 2.45) is 4.99 Å². The SMILES string of the molecule is COc1ccc(NC2=NC3(Nc4ccccc42)C(=O)c2ccccc2C3=O)cc1. The van der Waals surface area contributed by atoms with E-state index in [-0.39, 0.29) is 11.6 Å². The maximum atomic E-state index is 13.2. The Bertz CT molecular complexity index is 1150. The number of rotatable bonds is 2. The molecule has 5 rings (SSSR count). The molecule has 0 saturated heterocycles. The Kier molecular flexibility index (Phi) is 3.74. The van der Waals surface area contributed by atoms with Crippen LogP contribution >= 0.6 is 0 Å². The molecule has 1 spiro atoms. The van der Waals surface area contributed by atoms with E-state index in [1.807, 2.05) is 48.5 Å². The predicted molar refractivity (Wildman–Crippen MR) is 111 cm³/mol. The second-order valence-corrected chi connectivity index (χ2v) is 6.90. The molecular weight excluding hydrogens is 366 g/mol. The fourth-order valence-corrected chi connectivity index (χ4v) is 3.74. The van der Waals surface area contributed by atoms with Crippen LogP contribution in [0.25, 0.3) is 0 Å².